The molecule has 1 saturated heterocycles. The maximum Gasteiger partial charge on any atom is 0.171 e. The predicted octanol–water partition coefficient (Wildman–Crippen LogP) is 0.0968. The fourth-order valence-electron chi connectivity index (χ4n) is 1.49. The maximum atomic E-state index is 8.82. The standard InChI is InChI=1S/C9H7N5O/c10-1-7-8-9(12-4-11-7)14(5-13-8)2-6-3-15-6/h4-6H,2-3H2. The highest BCUT2D eigenvalue weighted by molar-refractivity contribution is 5.75. The molecule has 0 aromatic carbocycles. The zero-order valence-corrected chi connectivity index (χ0v) is 7.79. The molecule has 3 heterocycles. The van der Waals surface area contributed by atoms with Gasteiger partial charge in [-0.1, -0.05) is 0 Å². The van der Waals surface area contributed by atoms with Crippen molar-refractivity contribution in [3.8, 4) is 6.07 Å². The Morgan fingerprint density at radius 2 is 2.40 bits per heavy atom. The minimum absolute atomic E-state index is 0.267. The predicted molar refractivity (Wildman–Crippen MR) is 49.8 cm³/mol. The first kappa shape index (κ1) is 8.32. The van der Waals surface area contributed by atoms with E-state index in [-0.39, 0.29) is 6.10 Å². The first-order valence-electron chi connectivity index (χ1n) is 4.56. The van der Waals surface area contributed by atoms with Crippen molar-refractivity contribution in [2.24, 2.45) is 0 Å². The molecule has 1 unspecified atom stereocenters. The quantitative estimate of drug-likeness (QED) is 0.643. The van der Waals surface area contributed by atoms with Crippen LogP contribution in [-0.4, -0.2) is 32.2 Å². The van der Waals surface area contributed by atoms with E-state index < -0.39 is 0 Å². The Hall–Kier alpha value is -2.00. The van der Waals surface area contributed by atoms with Crippen LogP contribution in [0.15, 0.2) is 12.7 Å². The van der Waals surface area contributed by atoms with Crippen LogP contribution in [0, 0.1) is 11.3 Å². The molecule has 2 aromatic heterocycles. The molecule has 1 aliphatic heterocycles. The maximum absolute atomic E-state index is 8.82. The monoisotopic (exact) mass is 201 g/mol. The third-order valence-electron chi connectivity index (χ3n) is 2.31. The van der Waals surface area contributed by atoms with E-state index in [0.717, 1.165) is 13.2 Å². The highest BCUT2D eigenvalue weighted by atomic mass is 16.6. The minimum Gasteiger partial charge on any atom is -0.371 e. The average molecular weight is 201 g/mol. The molecule has 1 atom stereocenters. The second-order valence-corrected chi connectivity index (χ2v) is 3.36. The van der Waals surface area contributed by atoms with Gasteiger partial charge in [-0.25, -0.2) is 15.0 Å². The van der Waals surface area contributed by atoms with Crippen molar-refractivity contribution < 1.29 is 4.74 Å². The first-order chi connectivity index (χ1) is 7.38. The number of hydrogen-bond donors (Lipinski definition) is 0. The number of rotatable bonds is 2. The van der Waals surface area contributed by atoms with Gasteiger partial charge in [-0.05, 0) is 0 Å². The molecular formula is C9H7N5O. The molecule has 0 amide bonds. The lowest BCUT2D eigenvalue weighted by Gasteiger charge is -1.98. The lowest BCUT2D eigenvalue weighted by atomic mass is 10.4. The van der Waals surface area contributed by atoms with Crippen LogP contribution < -0.4 is 0 Å². The summed E-state index contributed by atoms with van der Waals surface area (Å²) in [5.74, 6) is 0. The Balaban J connectivity index is 2.13. The molecule has 6 nitrogen and oxygen atoms in total. The topological polar surface area (TPSA) is 79.9 Å². The number of hydrogen-bond acceptors (Lipinski definition) is 5. The molecule has 1 aliphatic rings. The highest BCUT2D eigenvalue weighted by Crippen LogP contribution is 2.16. The summed E-state index contributed by atoms with van der Waals surface area (Å²) in [5, 5.41) is 8.82. The van der Waals surface area contributed by atoms with E-state index in [1.54, 1.807) is 6.33 Å². The van der Waals surface area contributed by atoms with E-state index in [4.69, 9.17) is 10.00 Å². The number of ether oxygens (including phenoxy) is 1. The van der Waals surface area contributed by atoms with E-state index in [1.165, 1.54) is 6.33 Å². The molecule has 0 N–H and O–H groups in total. The molecule has 6 heteroatoms. The zero-order valence-electron chi connectivity index (χ0n) is 7.79. The number of nitriles is 1. The fourth-order valence-corrected chi connectivity index (χ4v) is 1.49. The molecule has 1 fully saturated rings. The first-order valence-corrected chi connectivity index (χ1v) is 4.56. The van der Waals surface area contributed by atoms with Crippen molar-refractivity contribution in [2.45, 2.75) is 12.6 Å². The van der Waals surface area contributed by atoms with Gasteiger partial charge >= 0.3 is 0 Å². The number of imidazole rings is 1. The molecule has 2 aromatic rings. The van der Waals surface area contributed by atoms with Crippen LogP contribution in [0.5, 0.6) is 0 Å². The lowest BCUT2D eigenvalue weighted by Crippen LogP contribution is -2.03. The van der Waals surface area contributed by atoms with E-state index in [9.17, 15) is 0 Å². The van der Waals surface area contributed by atoms with Gasteiger partial charge in [0.1, 0.15) is 17.9 Å². The molecule has 0 saturated carbocycles. The van der Waals surface area contributed by atoms with E-state index in [2.05, 4.69) is 15.0 Å². The highest BCUT2D eigenvalue weighted by Gasteiger charge is 2.24. The van der Waals surface area contributed by atoms with E-state index in [0.29, 0.717) is 16.9 Å². The third kappa shape index (κ3) is 1.33. The summed E-state index contributed by atoms with van der Waals surface area (Å²) in [6.45, 7) is 1.52. The Bertz CT molecular complexity index is 551. The summed E-state index contributed by atoms with van der Waals surface area (Å²) in [6.07, 6.45) is 3.32. The molecular weight excluding hydrogens is 194 g/mol. The van der Waals surface area contributed by atoms with Crippen LogP contribution in [0.1, 0.15) is 5.69 Å². The van der Waals surface area contributed by atoms with Crippen LogP contribution >= 0.6 is 0 Å². The Morgan fingerprint density at radius 3 is 3.13 bits per heavy atom. The Morgan fingerprint density at radius 1 is 1.53 bits per heavy atom. The molecule has 0 radical (unpaired) electrons. The van der Waals surface area contributed by atoms with Crippen LogP contribution in [0.4, 0.5) is 0 Å². The van der Waals surface area contributed by atoms with Crippen molar-refractivity contribution in [1.29, 1.82) is 5.26 Å². The van der Waals surface area contributed by atoms with Crippen LogP contribution in [0.25, 0.3) is 11.2 Å². The molecule has 0 aliphatic carbocycles. The SMILES string of the molecule is N#Cc1ncnc2c1ncn2CC1CO1. The van der Waals surface area contributed by atoms with Crippen molar-refractivity contribution in [1.82, 2.24) is 19.5 Å². The van der Waals surface area contributed by atoms with E-state index >= 15 is 0 Å². The Labute approximate surface area is 85.2 Å². The van der Waals surface area contributed by atoms with Gasteiger partial charge in [0, 0.05) is 0 Å². The summed E-state index contributed by atoms with van der Waals surface area (Å²) >= 11 is 0. The van der Waals surface area contributed by atoms with Crippen LogP contribution in [0.3, 0.4) is 0 Å². The van der Waals surface area contributed by atoms with E-state index in [1.807, 2.05) is 10.6 Å². The number of nitrogens with zero attached hydrogens (tertiary/aromatic N) is 5. The Kier molecular flexibility index (Phi) is 1.66. The van der Waals surface area contributed by atoms with Gasteiger partial charge in [-0.3, -0.25) is 0 Å². The van der Waals surface area contributed by atoms with Crippen molar-refractivity contribution in [3.63, 3.8) is 0 Å². The van der Waals surface area contributed by atoms with Crippen molar-refractivity contribution in [2.75, 3.05) is 6.61 Å². The van der Waals surface area contributed by atoms with Gasteiger partial charge in [0.05, 0.1) is 25.6 Å². The fraction of sp³-hybridized carbons (Fsp3) is 0.333. The van der Waals surface area contributed by atoms with Gasteiger partial charge in [-0.2, -0.15) is 5.26 Å². The van der Waals surface area contributed by atoms with Crippen molar-refractivity contribution in [3.05, 3.63) is 18.3 Å². The molecule has 3 rings (SSSR count). The largest absolute Gasteiger partial charge is 0.371 e. The van der Waals surface area contributed by atoms with Gasteiger partial charge < -0.3 is 9.30 Å². The smallest absolute Gasteiger partial charge is 0.171 e. The minimum atomic E-state index is 0.267. The van der Waals surface area contributed by atoms with Gasteiger partial charge in [0.15, 0.2) is 11.3 Å². The summed E-state index contributed by atoms with van der Waals surface area (Å²) in [5.41, 5.74) is 1.56. The van der Waals surface area contributed by atoms with Crippen LogP contribution in [-0.2, 0) is 11.3 Å². The van der Waals surface area contributed by atoms with Crippen LogP contribution in [0.2, 0.25) is 0 Å². The van der Waals surface area contributed by atoms with Gasteiger partial charge in [-0.15, -0.1) is 0 Å². The molecule has 0 spiro atoms. The average Bonchev–Trinajstić information content (AvgIpc) is 2.99. The normalized spacial score (nSPS) is 19.0. The molecule has 74 valence electrons. The third-order valence-corrected chi connectivity index (χ3v) is 2.31. The second-order valence-electron chi connectivity index (χ2n) is 3.36. The number of aromatic nitrogens is 4. The zero-order chi connectivity index (χ0) is 10.3. The number of epoxide rings is 1. The van der Waals surface area contributed by atoms with Gasteiger partial charge in [0.2, 0.25) is 0 Å². The summed E-state index contributed by atoms with van der Waals surface area (Å²) in [6, 6.07) is 1.99. The summed E-state index contributed by atoms with van der Waals surface area (Å²) in [4.78, 5) is 12.1. The second kappa shape index (κ2) is 3.00. The summed E-state index contributed by atoms with van der Waals surface area (Å²) in [7, 11) is 0. The summed E-state index contributed by atoms with van der Waals surface area (Å²) < 4.78 is 7.01. The molecule has 0 bridgehead atoms. The van der Waals surface area contributed by atoms with Crippen molar-refractivity contribution >= 4 is 11.2 Å². The molecule has 15 heavy (non-hydrogen) atoms. The van der Waals surface area contributed by atoms with Gasteiger partial charge in [0.25, 0.3) is 0 Å². The number of fused-ring (bicyclic) bond motifs is 1. The lowest BCUT2D eigenvalue weighted by molar-refractivity contribution is 0.384.